The van der Waals surface area contributed by atoms with Gasteiger partial charge in [0.15, 0.2) is 5.65 Å². The van der Waals surface area contributed by atoms with E-state index in [9.17, 15) is 0 Å². The van der Waals surface area contributed by atoms with Crippen LogP contribution in [-0.2, 0) is 0 Å². The molecule has 0 bridgehead atoms. The third-order valence-electron chi connectivity index (χ3n) is 2.68. The van der Waals surface area contributed by atoms with Crippen molar-refractivity contribution in [2.75, 3.05) is 5.32 Å². The predicted octanol–water partition coefficient (Wildman–Crippen LogP) is 4.38. The summed E-state index contributed by atoms with van der Waals surface area (Å²) in [6.45, 7) is 2.06. The predicted molar refractivity (Wildman–Crippen MR) is 82.1 cm³/mol. The number of pyridine rings is 1. The van der Waals surface area contributed by atoms with Gasteiger partial charge in [0, 0.05) is 11.1 Å². The monoisotopic (exact) mass is 356 g/mol. The number of nitrogens with one attached hydrogen (secondary N) is 1. The average Bonchev–Trinajstić information content (AvgIpc) is 2.96. The van der Waals surface area contributed by atoms with Gasteiger partial charge < -0.3 is 5.32 Å². The summed E-state index contributed by atoms with van der Waals surface area (Å²) in [5, 5.41) is 7.66. The number of thiophene rings is 1. The number of rotatable bonds is 3. The Morgan fingerprint density at radius 3 is 2.95 bits per heavy atom. The highest BCUT2D eigenvalue weighted by Gasteiger charge is 2.12. The molecule has 0 aliphatic carbocycles. The molecule has 0 spiro atoms. The van der Waals surface area contributed by atoms with E-state index < -0.39 is 0 Å². The maximum atomic E-state index is 5.94. The molecule has 3 heterocycles. The van der Waals surface area contributed by atoms with E-state index in [0.29, 0.717) is 5.95 Å². The van der Waals surface area contributed by atoms with Gasteiger partial charge >= 0.3 is 0 Å². The van der Waals surface area contributed by atoms with E-state index in [1.54, 1.807) is 15.9 Å². The maximum Gasteiger partial charge on any atom is 0.243 e. The zero-order valence-corrected chi connectivity index (χ0v) is 13.1. The molecule has 0 radical (unpaired) electrons. The van der Waals surface area contributed by atoms with Crippen molar-refractivity contribution in [2.24, 2.45) is 0 Å². The van der Waals surface area contributed by atoms with Crippen molar-refractivity contribution in [3.63, 3.8) is 0 Å². The fraction of sp³-hybridized carbons (Fsp3) is 0.167. The summed E-state index contributed by atoms with van der Waals surface area (Å²) in [6.07, 6.45) is 1.87. The van der Waals surface area contributed by atoms with Crippen molar-refractivity contribution in [2.45, 2.75) is 13.0 Å². The standard InChI is InChI=1S/C12H10BrClN4S/c1-7(9-4-5-10(14)19-9)15-12-16-11-8(13)3-2-6-18(11)17-12/h2-7H,1H3,(H,15,17). The van der Waals surface area contributed by atoms with E-state index in [1.807, 2.05) is 30.5 Å². The molecule has 3 aromatic heterocycles. The first-order valence-corrected chi connectivity index (χ1v) is 7.65. The molecule has 3 rings (SSSR count). The SMILES string of the molecule is CC(Nc1nc2c(Br)cccn2n1)c1ccc(Cl)s1. The van der Waals surface area contributed by atoms with Gasteiger partial charge in [0.25, 0.3) is 0 Å². The molecule has 1 N–H and O–H groups in total. The molecule has 1 unspecified atom stereocenters. The van der Waals surface area contributed by atoms with Crippen LogP contribution in [0.4, 0.5) is 5.95 Å². The van der Waals surface area contributed by atoms with Gasteiger partial charge in [-0.2, -0.15) is 4.98 Å². The van der Waals surface area contributed by atoms with E-state index in [2.05, 4.69) is 38.3 Å². The van der Waals surface area contributed by atoms with Crippen LogP contribution in [0.25, 0.3) is 5.65 Å². The highest BCUT2D eigenvalue weighted by atomic mass is 79.9. The van der Waals surface area contributed by atoms with Crippen LogP contribution in [-0.4, -0.2) is 14.6 Å². The summed E-state index contributed by atoms with van der Waals surface area (Å²) in [4.78, 5) is 5.61. The topological polar surface area (TPSA) is 42.2 Å². The number of anilines is 1. The highest BCUT2D eigenvalue weighted by molar-refractivity contribution is 9.10. The van der Waals surface area contributed by atoms with Gasteiger partial charge in [-0.15, -0.1) is 16.4 Å². The first-order valence-electron chi connectivity index (χ1n) is 5.66. The lowest BCUT2D eigenvalue weighted by atomic mass is 10.3. The van der Waals surface area contributed by atoms with Gasteiger partial charge in [0.1, 0.15) is 0 Å². The van der Waals surface area contributed by atoms with Crippen molar-refractivity contribution in [1.82, 2.24) is 14.6 Å². The van der Waals surface area contributed by atoms with E-state index >= 15 is 0 Å². The Morgan fingerprint density at radius 1 is 1.42 bits per heavy atom. The van der Waals surface area contributed by atoms with Crippen LogP contribution in [0, 0.1) is 0 Å². The molecule has 0 fully saturated rings. The summed E-state index contributed by atoms with van der Waals surface area (Å²) in [5.74, 6) is 0.601. The van der Waals surface area contributed by atoms with E-state index in [4.69, 9.17) is 11.6 Å². The third kappa shape index (κ3) is 2.61. The molecule has 0 saturated heterocycles. The molecular formula is C12H10BrClN4S. The fourth-order valence-electron chi connectivity index (χ4n) is 1.76. The molecule has 1 atom stereocenters. The van der Waals surface area contributed by atoms with Crippen LogP contribution in [0.1, 0.15) is 17.8 Å². The van der Waals surface area contributed by atoms with Crippen LogP contribution < -0.4 is 5.32 Å². The Balaban J connectivity index is 1.87. The van der Waals surface area contributed by atoms with E-state index in [-0.39, 0.29) is 6.04 Å². The minimum Gasteiger partial charge on any atom is -0.346 e. The van der Waals surface area contributed by atoms with Crippen molar-refractivity contribution >= 4 is 50.5 Å². The Bertz CT molecular complexity index is 723. The highest BCUT2D eigenvalue weighted by Crippen LogP contribution is 2.28. The Morgan fingerprint density at radius 2 is 2.26 bits per heavy atom. The summed E-state index contributed by atoms with van der Waals surface area (Å²) in [6, 6.07) is 7.88. The lowest BCUT2D eigenvalue weighted by molar-refractivity contribution is 0.869. The van der Waals surface area contributed by atoms with Crippen LogP contribution in [0.15, 0.2) is 34.9 Å². The van der Waals surface area contributed by atoms with Crippen molar-refractivity contribution < 1.29 is 0 Å². The van der Waals surface area contributed by atoms with Crippen LogP contribution in [0.2, 0.25) is 4.34 Å². The average molecular weight is 358 g/mol. The molecule has 0 aromatic carbocycles. The quantitative estimate of drug-likeness (QED) is 0.756. The van der Waals surface area contributed by atoms with Crippen LogP contribution in [0.5, 0.6) is 0 Å². The molecule has 0 saturated carbocycles. The van der Waals surface area contributed by atoms with Gasteiger partial charge in [-0.1, -0.05) is 11.6 Å². The van der Waals surface area contributed by atoms with Gasteiger partial charge in [0.05, 0.1) is 14.9 Å². The normalized spacial score (nSPS) is 12.8. The Hall–Kier alpha value is -1.11. The number of hydrogen-bond acceptors (Lipinski definition) is 4. The van der Waals surface area contributed by atoms with E-state index in [1.165, 1.54) is 0 Å². The van der Waals surface area contributed by atoms with Crippen molar-refractivity contribution in [3.05, 3.63) is 44.1 Å². The fourth-order valence-corrected chi connectivity index (χ4v) is 3.25. The maximum absolute atomic E-state index is 5.94. The summed E-state index contributed by atoms with van der Waals surface area (Å²) in [5.41, 5.74) is 0.793. The van der Waals surface area contributed by atoms with Gasteiger partial charge in [0.2, 0.25) is 5.95 Å². The molecule has 7 heteroatoms. The molecule has 0 amide bonds. The van der Waals surface area contributed by atoms with Crippen LogP contribution in [0.3, 0.4) is 0 Å². The minimum absolute atomic E-state index is 0.119. The number of aromatic nitrogens is 3. The Kier molecular flexibility index (Phi) is 3.47. The minimum atomic E-state index is 0.119. The summed E-state index contributed by atoms with van der Waals surface area (Å²) < 4.78 is 3.44. The van der Waals surface area contributed by atoms with Gasteiger partial charge in [-0.25, -0.2) is 4.52 Å². The zero-order valence-electron chi connectivity index (χ0n) is 9.97. The summed E-state index contributed by atoms with van der Waals surface area (Å²) >= 11 is 11.0. The van der Waals surface area contributed by atoms with E-state index in [0.717, 1.165) is 19.3 Å². The molecule has 3 aromatic rings. The third-order valence-corrected chi connectivity index (χ3v) is 4.71. The second-order valence-electron chi connectivity index (χ2n) is 4.07. The lowest BCUT2D eigenvalue weighted by Gasteiger charge is -2.09. The van der Waals surface area contributed by atoms with Crippen LogP contribution >= 0.6 is 38.9 Å². The first kappa shape index (κ1) is 12.9. The second-order valence-corrected chi connectivity index (χ2v) is 6.67. The largest absolute Gasteiger partial charge is 0.346 e. The Labute approximate surface area is 127 Å². The number of nitrogens with zero attached hydrogens (tertiary/aromatic N) is 3. The van der Waals surface area contributed by atoms with Gasteiger partial charge in [-0.3, -0.25) is 0 Å². The molecular weight excluding hydrogens is 348 g/mol. The van der Waals surface area contributed by atoms with Gasteiger partial charge in [-0.05, 0) is 47.1 Å². The lowest BCUT2D eigenvalue weighted by Crippen LogP contribution is -2.06. The molecule has 4 nitrogen and oxygen atoms in total. The molecule has 19 heavy (non-hydrogen) atoms. The number of fused-ring (bicyclic) bond motifs is 1. The molecule has 0 aliphatic heterocycles. The number of halogens is 2. The number of hydrogen-bond donors (Lipinski definition) is 1. The smallest absolute Gasteiger partial charge is 0.243 e. The van der Waals surface area contributed by atoms with Crippen molar-refractivity contribution in [1.29, 1.82) is 0 Å². The first-order chi connectivity index (χ1) is 9.13. The van der Waals surface area contributed by atoms with Crippen molar-refractivity contribution in [3.8, 4) is 0 Å². The zero-order chi connectivity index (χ0) is 13.4. The summed E-state index contributed by atoms with van der Waals surface area (Å²) in [7, 11) is 0. The molecule has 0 aliphatic rings. The molecule has 98 valence electrons. The second kappa shape index (κ2) is 5.11.